The first-order chi connectivity index (χ1) is 10.4. The molecule has 0 aliphatic heterocycles. The second kappa shape index (κ2) is 12.2. The van der Waals surface area contributed by atoms with Crippen LogP contribution in [0.5, 0.6) is 0 Å². The molecular weight excluding hydrogens is 260 g/mol. The molecule has 1 heterocycles. The molecule has 0 bridgehead atoms. The molecule has 3 rings (SSSR count). The maximum Gasteiger partial charge on any atom is 0.142 e. The van der Waals surface area contributed by atoms with E-state index in [9.17, 15) is 4.79 Å². The average Bonchev–Trinajstić information content (AvgIpc) is 3.16. The molecule has 0 saturated heterocycles. The number of carbonyl (C=O) groups is 1. The number of rotatable bonds is 2. The van der Waals surface area contributed by atoms with Gasteiger partial charge in [0, 0.05) is 0 Å². The number of benzene rings is 2. The van der Waals surface area contributed by atoms with E-state index in [2.05, 4.69) is 4.42 Å². The lowest BCUT2D eigenvalue weighted by Gasteiger charge is -1.86. The van der Waals surface area contributed by atoms with Crippen molar-refractivity contribution in [2.75, 3.05) is 0 Å². The van der Waals surface area contributed by atoms with Gasteiger partial charge >= 0.3 is 0 Å². The lowest BCUT2D eigenvalue weighted by molar-refractivity contribution is -0.104. The first-order valence-electron chi connectivity index (χ1n) is 6.57. The molecule has 0 fully saturated rings. The van der Waals surface area contributed by atoms with Crippen LogP contribution in [0.25, 0.3) is 6.08 Å². The number of furan rings is 1. The largest absolute Gasteiger partial charge is 0.473 e. The van der Waals surface area contributed by atoms with Gasteiger partial charge in [0.15, 0.2) is 0 Å². The second-order valence-electron chi connectivity index (χ2n) is 3.85. The predicted octanol–water partition coefficient (Wildman–Crippen LogP) is 4.86. The minimum Gasteiger partial charge on any atom is -0.473 e. The van der Waals surface area contributed by atoms with Crippen molar-refractivity contribution in [2.45, 2.75) is 0 Å². The molecule has 0 saturated carbocycles. The summed E-state index contributed by atoms with van der Waals surface area (Å²) >= 11 is 0. The fraction of sp³-hybridized carbons (Fsp3) is 0. The fourth-order valence-corrected chi connectivity index (χ4v) is 1.33. The van der Waals surface area contributed by atoms with E-state index in [4.69, 9.17) is 0 Å². The highest BCUT2D eigenvalue weighted by molar-refractivity contribution is 5.73. The quantitative estimate of drug-likeness (QED) is 0.494. The molecule has 21 heavy (non-hydrogen) atoms. The summed E-state index contributed by atoms with van der Waals surface area (Å²) in [7, 11) is 0. The Labute approximate surface area is 125 Å². The molecule has 2 nitrogen and oxygen atoms in total. The van der Waals surface area contributed by atoms with E-state index in [1.165, 1.54) is 6.08 Å². The van der Waals surface area contributed by atoms with Crippen molar-refractivity contribution < 1.29 is 9.21 Å². The van der Waals surface area contributed by atoms with E-state index in [1.807, 2.05) is 78.9 Å². The Kier molecular flexibility index (Phi) is 9.39. The van der Waals surface area contributed by atoms with E-state index in [0.717, 1.165) is 11.8 Å². The number of allylic oxidation sites excluding steroid dienone is 1. The Balaban J connectivity index is 0.000000170. The van der Waals surface area contributed by atoms with Gasteiger partial charge in [-0.2, -0.15) is 0 Å². The van der Waals surface area contributed by atoms with Crippen LogP contribution in [-0.4, -0.2) is 6.29 Å². The Morgan fingerprint density at radius 3 is 1.52 bits per heavy atom. The summed E-state index contributed by atoms with van der Waals surface area (Å²) in [6, 6.07) is 25.4. The molecule has 0 amide bonds. The highest BCUT2D eigenvalue weighted by atomic mass is 16.3. The monoisotopic (exact) mass is 278 g/mol. The van der Waals surface area contributed by atoms with E-state index in [0.29, 0.717) is 0 Å². The molecule has 0 aliphatic rings. The minimum atomic E-state index is 0.771. The number of hydrogen-bond donors (Lipinski definition) is 0. The molecule has 3 aromatic rings. The lowest BCUT2D eigenvalue weighted by Crippen LogP contribution is -1.67. The zero-order valence-corrected chi connectivity index (χ0v) is 11.7. The van der Waals surface area contributed by atoms with Crippen molar-refractivity contribution in [3.05, 3.63) is 103 Å². The lowest BCUT2D eigenvalue weighted by atomic mass is 10.2. The summed E-state index contributed by atoms with van der Waals surface area (Å²) in [5, 5.41) is 0. The van der Waals surface area contributed by atoms with Gasteiger partial charge < -0.3 is 4.42 Å². The third-order valence-corrected chi connectivity index (χ3v) is 2.26. The van der Waals surface area contributed by atoms with E-state index < -0.39 is 0 Å². The van der Waals surface area contributed by atoms with Crippen LogP contribution in [-0.2, 0) is 4.79 Å². The number of hydrogen-bond acceptors (Lipinski definition) is 2. The molecule has 0 atom stereocenters. The van der Waals surface area contributed by atoms with E-state index >= 15 is 0 Å². The Hall–Kier alpha value is -2.87. The highest BCUT2D eigenvalue weighted by Gasteiger charge is 1.79. The molecule has 106 valence electrons. The first-order valence-corrected chi connectivity index (χ1v) is 6.57. The van der Waals surface area contributed by atoms with Crippen LogP contribution in [0.3, 0.4) is 0 Å². The zero-order valence-electron chi connectivity index (χ0n) is 11.7. The average molecular weight is 278 g/mol. The van der Waals surface area contributed by atoms with Crippen molar-refractivity contribution in [1.82, 2.24) is 0 Å². The number of aldehydes is 1. The molecule has 0 unspecified atom stereocenters. The molecule has 0 spiro atoms. The van der Waals surface area contributed by atoms with Gasteiger partial charge in [-0.25, -0.2) is 0 Å². The van der Waals surface area contributed by atoms with Gasteiger partial charge in [-0.15, -0.1) is 0 Å². The normalized spacial score (nSPS) is 8.95. The van der Waals surface area contributed by atoms with E-state index in [1.54, 1.807) is 18.6 Å². The Morgan fingerprint density at radius 2 is 1.14 bits per heavy atom. The van der Waals surface area contributed by atoms with Crippen molar-refractivity contribution in [2.24, 2.45) is 0 Å². The van der Waals surface area contributed by atoms with Gasteiger partial charge in [0.05, 0.1) is 12.5 Å². The first kappa shape index (κ1) is 16.2. The van der Waals surface area contributed by atoms with Gasteiger partial charge in [-0.1, -0.05) is 72.8 Å². The standard InChI is InChI=1S/C9H8O.C6H6.C4H4O/c10-8-4-7-9-5-2-1-3-6-9;1-2-4-6-5-3-1;1-2-4-5-3-1/h1-8H;1-6H;1-4H. The highest BCUT2D eigenvalue weighted by Crippen LogP contribution is 1.99. The van der Waals surface area contributed by atoms with Crippen LogP contribution in [0.1, 0.15) is 5.56 Å². The third-order valence-electron chi connectivity index (χ3n) is 2.26. The van der Waals surface area contributed by atoms with E-state index in [-0.39, 0.29) is 0 Å². The summed E-state index contributed by atoms with van der Waals surface area (Å²) in [5.41, 5.74) is 1.05. The van der Waals surface area contributed by atoms with Crippen LogP contribution < -0.4 is 0 Å². The predicted molar refractivity (Wildman–Crippen MR) is 86.7 cm³/mol. The van der Waals surface area contributed by atoms with Crippen LogP contribution in [0.2, 0.25) is 0 Å². The van der Waals surface area contributed by atoms with Gasteiger partial charge in [0.1, 0.15) is 6.29 Å². The summed E-state index contributed by atoms with van der Waals surface area (Å²) < 4.78 is 4.58. The van der Waals surface area contributed by atoms with Gasteiger partial charge in [-0.05, 0) is 23.8 Å². The van der Waals surface area contributed by atoms with Crippen LogP contribution in [0.15, 0.2) is 102 Å². The van der Waals surface area contributed by atoms with Crippen molar-refractivity contribution in [3.8, 4) is 0 Å². The van der Waals surface area contributed by atoms with Crippen LogP contribution in [0.4, 0.5) is 0 Å². The van der Waals surface area contributed by atoms with Crippen molar-refractivity contribution >= 4 is 12.4 Å². The summed E-state index contributed by atoms with van der Waals surface area (Å²) in [6.45, 7) is 0. The van der Waals surface area contributed by atoms with Crippen LogP contribution in [0, 0.1) is 0 Å². The Bertz CT molecular complexity index is 526. The molecule has 2 heteroatoms. The second-order valence-corrected chi connectivity index (χ2v) is 3.85. The molecule has 2 aromatic carbocycles. The SMILES string of the molecule is O=CC=Cc1ccccc1.c1ccccc1.c1ccoc1. The van der Waals surface area contributed by atoms with Gasteiger partial charge in [0.25, 0.3) is 0 Å². The van der Waals surface area contributed by atoms with Crippen molar-refractivity contribution in [3.63, 3.8) is 0 Å². The summed E-state index contributed by atoms with van der Waals surface area (Å²) in [6.07, 6.45) is 7.27. The summed E-state index contributed by atoms with van der Waals surface area (Å²) in [5.74, 6) is 0. The molecule has 1 aromatic heterocycles. The molecule has 0 radical (unpaired) electrons. The van der Waals surface area contributed by atoms with Gasteiger partial charge in [0.2, 0.25) is 0 Å². The number of carbonyl (C=O) groups excluding carboxylic acids is 1. The molecule has 0 N–H and O–H groups in total. The summed E-state index contributed by atoms with van der Waals surface area (Å²) in [4.78, 5) is 9.89. The maximum atomic E-state index is 9.89. The molecular formula is C19H18O2. The smallest absolute Gasteiger partial charge is 0.142 e. The third kappa shape index (κ3) is 9.68. The maximum absolute atomic E-state index is 9.89. The molecule has 0 aliphatic carbocycles. The van der Waals surface area contributed by atoms with Crippen LogP contribution >= 0.6 is 0 Å². The Morgan fingerprint density at radius 1 is 0.667 bits per heavy atom. The van der Waals surface area contributed by atoms with Gasteiger partial charge in [-0.3, -0.25) is 4.79 Å². The fourth-order valence-electron chi connectivity index (χ4n) is 1.33. The zero-order chi connectivity index (χ0) is 15.0. The topological polar surface area (TPSA) is 30.2 Å². The van der Waals surface area contributed by atoms with Crippen molar-refractivity contribution in [1.29, 1.82) is 0 Å². The minimum absolute atomic E-state index is 0.771.